The van der Waals surface area contributed by atoms with Crippen LogP contribution in [0.15, 0.2) is 18.3 Å². The third kappa shape index (κ3) is 1.88. The van der Waals surface area contributed by atoms with Crippen molar-refractivity contribution >= 4 is 5.65 Å². The molecule has 0 aliphatic heterocycles. The van der Waals surface area contributed by atoms with Crippen LogP contribution in [0.5, 0.6) is 5.75 Å². The van der Waals surface area contributed by atoms with E-state index in [2.05, 4.69) is 14.6 Å². The molecule has 0 N–H and O–H groups in total. The molecule has 1 aliphatic carbocycles. The standard InChI is InChI=1S/C13H17N3O/c1-17-11-7-8-16-12(9-11)14-15-13(16)10-5-3-2-4-6-10/h7-10H,2-6H2,1H3. The molecular formula is C13H17N3O. The summed E-state index contributed by atoms with van der Waals surface area (Å²) < 4.78 is 7.29. The number of hydrogen-bond donors (Lipinski definition) is 0. The Bertz CT molecular complexity index is 514. The maximum absolute atomic E-state index is 5.20. The average Bonchev–Trinajstić information content (AvgIpc) is 2.82. The third-order valence-corrected chi connectivity index (χ3v) is 3.61. The summed E-state index contributed by atoms with van der Waals surface area (Å²) in [5.74, 6) is 2.52. The Kier molecular flexibility index (Phi) is 2.71. The summed E-state index contributed by atoms with van der Waals surface area (Å²) in [6.07, 6.45) is 8.49. The molecule has 4 heteroatoms. The van der Waals surface area contributed by atoms with Crippen LogP contribution in [0.4, 0.5) is 0 Å². The minimum Gasteiger partial charge on any atom is -0.497 e. The zero-order chi connectivity index (χ0) is 11.7. The number of pyridine rings is 1. The molecule has 17 heavy (non-hydrogen) atoms. The lowest BCUT2D eigenvalue weighted by Gasteiger charge is -2.19. The van der Waals surface area contributed by atoms with Crippen molar-refractivity contribution in [2.75, 3.05) is 7.11 Å². The Hall–Kier alpha value is -1.58. The molecule has 0 saturated heterocycles. The summed E-state index contributed by atoms with van der Waals surface area (Å²) in [5, 5.41) is 8.59. The van der Waals surface area contributed by atoms with Crippen molar-refractivity contribution < 1.29 is 4.74 Å². The van der Waals surface area contributed by atoms with Crippen molar-refractivity contribution in [2.24, 2.45) is 0 Å². The molecule has 0 radical (unpaired) electrons. The van der Waals surface area contributed by atoms with Gasteiger partial charge in [-0.3, -0.25) is 4.40 Å². The number of hydrogen-bond acceptors (Lipinski definition) is 3. The number of aromatic nitrogens is 3. The van der Waals surface area contributed by atoms with Gasteiger partial charge in [0.2, 0.25) is 0 Å². The topological polar surface area (TPSA) is 39.4 Å². The van der Waals surface area contributed by atoms with Crippen LogP contribution in [-0.4, -0.2) is 21.7 Å². The van der Waals surface area contributed by atoms with Gasteiger partial charge in [-0.05, 0) is 18.9 Å². The molecule has 0 unspecified atom stereocenters. The van der Waals surface area contributed by atoms with E-state index in [0.717, 1.165) is 17.2 Å². The molecule has 1 fully saturated rings. The fourth-order valence-corrected chi connectivity index (χ4v) is 2.66. The SMILES string of the molecule is COc1ccn2c(C3CCCCC3)nnc2c1. The first kappa shape index (κ1) is 10.6. The van der Waals surface area contributed by atoms with Crippen LogP contribution in [0.1, 0.15) is 43.8 Å². The molecule has 2 aromatic rings. The van der Waals surface area contributed by atoms with E-state index in [1.807, 2.05) is 18.3 Å². The molecule has 0 atom stereocenters. The van der Waals surface area contributed by atoms with Crippen molar-refractivity contribution in [1.29, 1.82) is 0 Å². The lowest BCUT2D eigenvalue weighted by atomic mass is 9.89. The number of rotatable bonds is 2. The summed E-state index contributed by atoms with van der Waals surface area (Å²) in [4.78, 5) is 0. The summed E-state index contributed by atoms with van der Waals surface area (Å²) in [6, 6.07) is 3.89. The molecule has 0 bridgehead atoms. The second kappa shape index (κ2) is 4.35. The average molecular weight is 231 g/mol. The molecule has 0 spiro atoms. The van der Waals surface area contributed by atoms with E-state index in [1.165, 1.54) is 32.1 Å². The smallest absolute Gasteiger partial charge is 0.164 e. The van der Waals surface area contributed by atoms with Crippen LogP contribution in [0.2, 0.25) is 0 Å². The van der Waals surface area contributed by atoms with Gasteiger partial charge in [0, 0.05) is 18.2 Å². The zero-order valence-electron chi connectivity index (χ0n) is 10.1. The Morgan fingerprint density at radius 1 is 1.24 bits per heavy atom. The summed E-state index contributed by atoms with van der Waals surface area (Å²) >= 11 is 0. The molecule has 3 rings (SSSR count). The highest BCUT2D eigenvalue weighted by Gasteiger charge is 2.20. The molecule has 2 heterocycles. The largest absolute Gasteiger partial charge is 0.497 e. The van der Waals surface area contributed by atoms with E-state index in [4.69, 9.17) is 4.74 Å². The number of ether oxygens (including phenoxy) is 1. The quantitative estimate of drug-likeness (QED) is 0.797. The highest BCUT2D eigenvalue weighted by atomic mass is 16.5. The van der Waals surface area contributed by atoms with Gasteiger partial charge < -0.3 is 4.74 Å². The van der Waals surface area contributed by atoms with Gasteiger partial charge in [-0.1, -0.05) is 19.3 Å². The van der Waals surface area contributed by atoms with Crippen LogP contribution in [-0.2, 0) is 0 Å². The highest BCUT2D eigenvalue weighted by molar-refractivity contribution is 5.44. The molecule has 0 aromatic carbocycles. The van der Waals surface area contributed by atoms with E-state index in [0.29, 0.717) is 5.92 Å². The van der Waals surface area contributed by atoms with E-state index in [1.54, 1.807) is 7.11 Å². The fraction of sp³-hybridized carbons (Fsp3) is 0.538. The third-order valence-electron chi connectivity index (χ3n) is 3.61. The first-order valence-electron chi connectivity index (χ1n) is 6.27. The van der Waals surface area contributed by atoms with Crippen molar-refractivity contribution in [2.45, 2.75) is 38.0 Å². The lowest BCUT2D eigenvalue weighted by Crippen LogP contribution is -2.08. The van der Waals surface area contributed by atoms with E-state index >= 15 is 0 Å². The number of nitrogens with zero attached hydrogens (tertiary/aromatic N) is 3. The predicted molar refractivity (Wildman–Crippen MR) is 65.4 cm³/mol. The normalized spacial score (nSPS) is 17.5. The summed E-state index contributed by atoms with van der Waals surface area (Å²) in [6.45, 7) is 0. The fourth-order valence-electron chi connectivity index (χ4n) is 2.66. The van der Waals surface area contributed by atoms with E-state index < -0.39 is 0 Å². The Morgan fingerprint density at radius 3 is 2.82 bits per heavy atom. The van der Waals surface area contributed by atoms with Gasteiger partial charge in [0.1, 0.15) is 11.6 Å². The molecule has 90 valence electrons. The monoisotopic (exact) mass is 231 g/mol. The van der Waals surface area contributed by atoms with Gasteiger partial charge in [-0.15, -0.1) is 10.2 Å². The van der Waals surface area contributed by atoms with Crippen molar-refractivity contribution in [3.63, 3.8) is 0 Å². The highest BCUT2D eigenvalue weighted by Crippen LogP contribution is 2.31. The van der Waals surface area contributed by atoms with Gasteiger partial charge in [0.25, 0.3) is 0 Å². The van der Waals surface area contributed by atoms with E-state index in [9.17, 15) is 0 Å². The van der Waals surface area contributed by atoms with Gasteiger partial charge in [-0.2, -0.15) is 0 Å². The van der Waals surface area contributed by atoms with Gasteiger partial charge in [0.15, 0.2) is 5.65 Å². The summed E-state index contributed by atoms with van der Waals surface area (Å²) in [7, 11) is 1.67. The van der Waals surface area contributed by atoms with Crippen molar-refractivity contribution in [3.8, 4) is 5.75 Å². The van der Waals surface area contributed by atoms with Crippen molar-refractivity contribution in [1.82, 2.24) is 14.6 Å². The van der Waals surface area contributed by atoms with Crippen LogP contribution < -0.4 is 4.74 Å². The minimum atomic E-state index is 0.576. The molecule has 1 aliphatic rings. The summed E-state index contributed by atoms with van der Waals surface area (Å²) in [5.41, 5.74) is 0.880. The first-order valence-corrected chi connectivity index (χ1v) is 6.27. The lowest BCUT2D eigenvalue weighted by molar-refractivity contribution is 0.413. The van der Waals surface area contributed by atoms with Crippen LogP contribution in [0, 0.1) is 0 Å². The molecule has 4 nitrogen and oxygen atoms in total. The van der Waals surface area contributed by atoms with Crippen LogP contribution >= 0.6 is 0 Å². The van der Waals surface area contributed by atoms with Crippen molar-refractivity contribution in [3.05, 3.63) is 24.2 Å². The maximum atomic E-state index is 5.20. The predicted octanol–water partition coefficient (Wildman–Crippen LogP) is 2.79. The van der Waals surface area contributed by atoms with Gasteiger partial charge in [0.05, 0.1) is 7.11 Å². The molecular weight excluding hydrogens is 214 g/mol. The van der Waals surface area contributed by atoms with Gasteiger partial charge >= 0.3 is 0 Å². The number of methoxy groups -OCH3 is 1. The molecule has 1 saturated carbocycles. The Balaban J connectivity index is 1.99. The first-order chi connectivity index (χ1) is 8.38. The van der Waals surface area contributed by atoms with Crippen LogP contribution in [0.25, 0.3) is 5.65 Å². The van der Waals surface area contributed by atoms with E-state index in [-0.39, 0.29) is 0 Å². The minimum absolute atomic E-state index is 0.576. The van der Waals surface area contributed by atoms with Crippen LogP contribution in [0.3, 0.4) is 0 Å². The zero-order valence-corrected chi connectivity index (χ0v) is 10.1. The maximum Gasteiger partial charge on any atom is 0.164 e. The Labute approximate surface area is 101 Å². The molecule has 2 aromatic heterocycles. The Morgan fingerprint density at radius 2 is 2.06 bits per heavy atom. The molecule has 0 amide bonds. The van der Waals surface area contributed by atoms with Gasteiger partial charge in [-0.25, -0.2) is 0 Å². The number of fused-ring (bicyclic) bond motifs is 1. The second-order valence-electron chi connectivity index (χ2n) is 4.69. The second-order valence-corrected chi connectivity index (χ2v) is 4.69.